The summed E-state index contributed by atoms with van der Waals surface area (Å²) in [5.41, 5.74) is 6.63. The third-order valence-corrected chi connectivity index (χ3v) is 3.58. The summed E-state index contributed by atoms with van der Waals surface area (Å²) >= 11 is 0. The first kappa shape index (κ1) is 13.8. The summed E-state index contributed by atoms with van der Waals surface area (Å²) in [5, 5.41) is 12.1. The number of amides is 2. The van der Waals surface area contributed by atoms with Crippen molar-refractivity contribution in [3.05, 3.63) is 35.9 Å². The van der Waals surface area contributed by atoms with Gasteiger partial charge in [-0.25, -0.2) is 4.79 Å². The predicted octanol–water partition coefficient (Wildman–Crippen LogP) is 0.505. The molecule has 1 heterocycles. The van der Waals surface area contributed by atoms with Crippen molar-refractivity contribution in [3.8, 4) is 0 Å². The minimum Gasteiger partial charge on any atom is -0.395 e. The van der Waals surface area contributed by atoms with Gasteiger partial charge in [0.1, 0.15) is 0 Å². The summed E-state index contributed by atoms with van der Waals surface area (Å²) < 4.78 is 0. The smallest absolute Gasteiger partial charge is 0.314 e. The van der Waals surface area contributed by atoms with Crippen molar-refractivity contribution in [3.63, 3.8) is 0 Å². The number of nitrogens with zero attached hydrogens (tertiary/aromatic N) is 1. The minimum absolute atomic E-state index is 0.100. The van der Waals surface area contributed by atoms with Crippen LogP contribution in [0.3, 0.4) is 0 Å². The van der Waals surface area contributed by atoms with Crippen LogP contribution in [0.1, 0.15) is 17.9 Å². The molecule has 1 aromatic rings. The number of hydrogen-bond acceptors (Lipinski definition) is 3. The van der Waals surface area contributed by atoms with Gasteiger partial charge in [-0.1, -0.05) is 30.3 Å². The number of carbonyl (C=O) groups excluding carboxylic acids is 1. The molecule has 1 fully saturated rings. The monoisotopic (exact) mass is 263 g/mol. The van der Waals surface area contributed by atoms with Crippen molar-refractivity contribution >= 4 is 6.03 Å². The van der Waals surface area contributed by atoms with Gasteiger partial charge in [0.15, 0.2) is 0 Å². The summed E-state index contributed by atoms with van der Waals surface area (Å²) in [6.07, 6.45) is 0.952. The van der Waals surface area contributed by atoms with Gasteiger partial charge >= 0.3 is 6.03 Å². The number of aliphatic hydroxyl groups is 1. The van der Waals surface area contributed by atoms with Crippen LogP contribution in [0.4, 0.5) is 4.79 Å². The van der Waals surface area contributed by atoms with E-state index in [2.05, 4.69) is 17.4 Å². The Hall–Kier alpha value is -1.59. The summed E-state index contributed by atoms with van der Waals surface area (Å²) in [6.45, 7) is 1.91. The molecule has 1 saturated heterocycles. The Morgan fingerprint density at radius 3 is 2.74 bits per heavy atom. The number of likely N-dealkylation sites (tertiary alicyclic amines) is 1. The van der Waals surface area contributed by atoms with E-state index in [0.29, 0.717) is 25.6 Å². The number of piperidine rings is 1. The van der Waals surface area contributed by atoms with Crippen LogP contribution in [-0.4, -0.2) is 48.3 Å². The number of urea groups is 1. The Balaban J connectivity index is 2.08. The molecule has 5 nitrogen and oxygen atoms in total. The molecule has 5 heteroatoms. The second kappa shape index (κ2) is 6.54. The van der Waals surface area contributed by atoms with Crippen molar-refractivity contribution in [1.29, 1.82) is 0 Å². The highest BCUT2D eigenvalue weighted by Crippen LogP contribution is 2.26. The van der Waals surface area contributed by atoms with Crippen LogP contribution in [0.2, 0.25) is 0 Å². The molecule has 1 aliphatic rings. The third-order valence-electron chi connectivity index (χ3n) is 3.58. The number of primary amides is 1. The second-order valence-electron chi connectivity index (χ2n) is 4.96. The molecule has 1 aliphatic heterocycles. The van der Waals surface area contributed by atoms with Crippen LogP contribution in [0.25, 0.3) is 0 Å². The largest absolute Gasteiger partial charge is 0.395 e. The first-order chi connectivity index (χ1) is 9.20. The fraction of sp³-hybridized carbons (Fsp3) is 0.500. The standard InChI is InChI=1S/C14H21N3O2/c15-14(19)17-9-12(11-4-2-1-3-5-11)8-13(10-17)16-6-7-18/h1-5,12-13,16,18H,6-10H2,(H2,15,19). The summed E-state index contributed by atoms with van der Waals surface area (Å²) in [5.74, 6) is 0.290. The molecule has 2 rings (SSSR count). The van der Waals surface area contributed by atoms with Crippen LogP contribution in [0.15, 0.2) is 30.3 Å². The van der Waals surface area contributed by atoms with Gasteiger partial charge in [0.05, 0.1) is 6.61 Å². The summed E-state index contributed by atoms with van der Waals surface area (Å²) in [6, 6.07) is 9.97. The Labute approximate surface area is 113 Å². The molecule has 2 atom stereocenters. The fourth-order valence-corrected chi connectivity index (χ4v) is 2.66. The fourth-order valence-electron chi connectivity index (χ4n) is 2.66. The van der Waals surface area contributed by atoms with Crippen molar-refractivity contribution in [2.24, 2.45) is 5.73 Å². The minimum atomic E-state index is -0.378. The first-order valence-corrected chi connectivity index (χ1v) is 6.64. The van der Waals surface area contributed by atoms with E-state index < -0.39 is 0 Å². The molecule has 0 aliphatic carbocycles. The Morgan fingerprint density at radius 2 is 2.11 bits per heavy atom. The van der Waals surface area contributed by atoms with Gasteiger partial charge < -0.3 is 21.1 Å². The van der Waals surface area contributed by atoms with E-state index >= 15 is 0 Å². The van der Waals surface area contributed by atoms with Gasteiger partial charge in [0, 0.05) is 31.6 Å². The Morgan fingerprint density at radius 1 is 1.37 bits per heavy atom. The van der Waals surface area contributed by atoms with Crippen LogP contribution in [0.5, 0.6) is 0 Å². The van der Waals surface area contributed by atoms with E-state index in [1.54, 1.807) is 4.90 Å². The molecule has 4 N–H and O–H groups in total. The van der Waals surface area contributed by atoms with E-state index in [1.165, 1.54) is 5.56 Å². The van der Waals surface area contributed by atoms with Crippen molar-refractivity contribution in [2.45, 2.75) is 18.4 Å². The first-order valence-electron chi connectivity index (χ1n) is 6.64. The van der Waals surface area contributed by atoms with Gasteiger partial charge in [0.2, 0.25) is 0 Å². The Bertz CT molecular complexity index is 410. The van der Waals surface area contributed by atoms with Crippen molar-refractivity contribution < 1.29 is 9.90 Å². The second-order valence-corrected chi connectivity index (χ2v) is 4.96. The predicted molar refractivity (Wildman–Crippen MR) is 73.8 cm³/mol. The van der Waals surface area contributed by atoms with Crippen LogP contribution in [0, 0.1) is 0 Å². The zero-order valence-electron chi connectivity index (χ0n) is 11.0. The van der Waals surface area contributed by atoms with Crippen LogP contribution < -0.4 is 11.1 Å². The quantitative estimate of drug-likeness (QED) is 0.740. The molecule has 0 bridgehead atoms. The molecular formula is C14H21N3O2. The molecule has 0 spiro atoms. The van der Waals surface area contributed by atoms with E-state index in [9.17, 15) is 4.79 Å². The normalized spacial score (nSPS) is 23.3. The zero-order valence-corrected chi connectivity index (χ0v) is 11.0. The van der Waals surface area contributed by atoms with E-state index in [-0.39, 0.29) is 18.7 Å². The topological polar surface area (TPSA) is 78.6 Å². The lowest BCUT2D eigenvalue weighted by molar-refractivity contribution is 0.168. The van der Waals surface area contributed by atoms with Gasteiger partial charge in [-0.2, -0.15) is 0 Å². The molecule has 1 aromatic carbocycles. The Kier molecular flexibility index (Phi) is 4.76. The molecule has 0 radical (unpaired) electrons. The number of hydrogen-bond donors (Lipinski definition) is 3. The van der Waals surface area contributed by atoms with E-state index in [1.807, 2.05) is 18.2 Å². The molecular weight excluding hydrogens is 242 g/mol. The number of aliphatic hydroxyl groups excluding tert-OH is 1. The van der Waals surface area contributed by atoms with Crippen molar-refractivity contribution in [1.82, 2.24) is 10.2 Å². The van der Waals surface area contributed by atoms with Gasteiger partial charge in [-0.05, 0) is 12.0 Å². The molecule has 0 saturated carbocycles. The van der Waals surface area contributed by atoms with Gasteiger partial charge in [-0.15, -0.1) is 0 Å². The number of nitrogens with one attached hydrogen (secondary N) is 1. The van der Waals surface area contributed by atoms with Crippen LogP contribution >= 0.6 is 0 Å². The maximum atomic E-state index is 11.4. The lowest BCUT2D eigenvalue weighted by Gasteiger charge is -2.37. The maximum Gasteiger partial charge on any atom is 0.314 e. The maximum absolute atomic E-state index is 11.4. The number of nitrogens with two attached hydrogens (primary N) is 1. The lowest BCUT2D eigenvalue weighted by atomic mass is 9.88. The third kappa shape index (κ3) is 3.68. The zero-order chi connectivity index (χ0) is 13.7. The molecule has 2 unspecified atom stereocenters. The average Bonchev–Trinajstić information content (AvgIpc) is 2.45. The number of carbonyl (C=O) groups is 1. The lowest BCUT2D eigenvalue weighted by Crippen LogP contribution is -2.52. The SMILES string of the molecule is NC(=O)N1CC(NCCO)CC(c2ccccc2)C1. The highest BCUT2D eigenvalue weighted by atomic mass is 16.3. The molecule has 0 aromatic heterocycles. The average molecular weight is 263 g/mol. The number of rotatable bonds is 4. The van der Waals surface area contributed by atoms with Gasteiger partial charge in [0.25, 0.3) is 0 Å². The van der Waals surface area contributed by atoms with E-state index in [0.717, 1.165) is 6.42 Å². The van der Waals surface area contributed by atoms with Gasteiger partial charge in [-0.3, -0.25) is 0 Å². The molecule has 104 valence electrons. The number of benzene rings is 1. The van der Waals surface area contributed by atoms with Crippen LogP contribution in [-0.2, 0) is 0 Å². The highest BCUT2D eigenvalue weighted by Gasteiger charge is 2.29. The molecule has 19 heavy (non-hydrogen) atoms. The summed E-state index contributed by atoms with van der Waals surface area (Å²) in [4.78, 5) is 13.1. The summed E-state index contributed by atoms with van der Waals surface area (Å²) in [7, 11) is 0. The molecule has 2 amide bonds. The van der Waals surface area contributed by atoms with E-state index in [4.69, 9.17) is 10.8 Å². The van der Waals surface area contributed by atoms with Crippen molar-refractivity contribution in [2.75, 3.05) is 26.2 Å². The highest BCUT2D eigenvalue weighted by molar-refractivity contribution is 5.72.